The number of rotatable bonds is 18. The summed E-state index contributed by atoms with van der Waals surface area (Å²) in [6.07, 6.45) is 9.56. The fourth-order valence-electron chi connectivity index (χ4n) is 9.16. The molecule has 8 aromatic rings. The second-order valence-electron chi connectivity index (χ2n) is 16.6. The number of fused-ring (bicyclic) bond motifs is 4. The lowest BCUT2D eigenvalue weighted by molar-refractivity contribution is 0.679. The van der Waals surface area contributed by atoms with Gasteiger partial charge in [0.25, 0.3) is 0 Å². The summed E-state index contributed by atoms with van der Waals surface area (Å²) >= 11 is 2.51. The zero-order chi connectivity index (χ0) is 42.4. The van der Waals surface area contributed by atoms with Crippen LogP contribution in [0, 0.1) is 0 Å². The van der Waals surface area contributed by atoms with Gasteiger partial charge in [0.15, 0.2) is 0 Å². The topological polar surface area (TPSA) is 57.0 Å². The molecule has 0 fully saturated rings. The van der Waals surface area contributed by atoms with Crippen LogP contribution in [0.1, 0.15) is 79.1 Å². The van der Waals surface area contributed by atoms with Crippen LogP contribution in [0.4, 0.5) is 22.7 Å². The number of benzene rings is 7. The van der Waals surface area contributed by atoms with E-state index in [0.717, 1.165) is 70.8 Å². The summed E-state index contributed by atoms with van der Waals surface area (Å²) in [6.45, 7) is 13.5. The Labute approximate surface area is 374 Å². The van der Waals surface area contributed by atoms with Crippen LogP contribution in [0.25, 0.3) is 77.1 Å². The first kappa shape index (κ1) is 41.6. The summed E-state index contributed by atoms with van der Waals surface area (Å²) in [4.78, 5) is 5.19. The zero-order valence-corrected chi connectivity index (χ0v) is 38.2. The van der Waals surface area contributed by atoms with Crippen molar-refractivity contribution in [3.63, 3.8) is 0 Å². The lowest BCUT2D eigenvalue weighted by atomic mass is 9.91. The molecular weight excluding hydrogens is 797 g/mol. The summed E-state index contributed by atoms with van der Waals surface area (Å²) in [5.74, 6) is 0. The van der Waals surface area contributed by atoms with Gasteiger partial charge in [-0.1, -0.05) is 163 Å². The van der Waals surface area contributed by atoms with Crippen LogP contribution < -0.4 is 9.80 Å². The molecule has 0 aliphatic carbocycles. The normalized spacial score (nSPS) is 12.1. The number of unbranched alkanes of at least 4 members (excludes halogenated alkanes) is 4. The molecule has 2 heterocycles. The van der Waals surface area contributed by atoms with E-state index in [-0.39, 0.29) is 0 Å². The van der Waals surface area contributed by atoms with Crippen LogP contribution in [0.3, 0.4) is 0 Å². The second kappa shape index (κ2) is 19.1. The maximum absolute atomic E-state index is 4.92. The maximum Gasteiger partial charge on any atom is 0.115 e. The minimum absolute atomic E-state index is 0.869. The van der Waals surface area contributed by atoms with Gasteiger partial charge in [-0.3, -0.25) is 0 Å². The average molecular weight is 853 g/mol. The highest BCUT2D eigenvalue weighted by molar-refractivity contribution is 7.58. The number of aromatic nitrogens is 2. The Morgan fingerprint density at radius 3 is 1.13 bits per heavy atom. The van der Waals surface area contributed by atoms with Gasteiger partial charge in [-0.15, -0.1) is 0 Å². The molecule has 7 aromatic carbocycles. The Morgan fingerprint density at radius 2 is 0.758 bits per heavy atom. The number of hydrogen-bond acceptors (Lipinski definition) is 7. The van der Waals surface area contributed by atoms with E-state index in [1.807, 2.05) is 0 Å². The molecule has 0 saturated heterocycles. The highest BCUT2D eigenvalue weighted by Gasteiger charge is 2.26. The van der Waals surface area contributed by atoms with Gasteiger partial charge in [0.05, 0.1) is 23.1 Å². The van der Waals surface area contributed by atoms with Gasteiger partial charge in [0.2, 0.25) is 0 Å². The Hall–Kier alpha value is -5.70. The largest absolute Gasteiger partial charge is 0.371 e. The standard InChI is InChI=1S/C54H56N6S2/c1-5-9-33-59(34-10-6-2)47-31-29-41(43-17-13-15-19-45(43)47)37-21-25-39(26-22-37)49-51-53(57-61-55-51)50(54-52(49)56-62-58-54)40-27-23-38(24-28-40)42-30-32-48(46-20-16-14-18-44(42)46)60(35-11-7-3)36-12-8-4/h13-32H,5-12,33-36H2,1-4H3. The van der Waals surface area contributed by atoms with E-state index in [2.05, 4.69) is 159 Å². The average Bonchev–Trinajstić information content (AvgIpc) is 4.02. The van der Waals surface area contributed by atoms with Gasteiger partial charge < -0.3 is 9.80 Å². The van der Waals surface area contributed by atoms with E-state index < -0.39 is 0 Å². The molecule has 0 spiro atoms. The fourth-order valence-corrected chi connectivity index (χ4v) is 10.3. The molecule has 314 valence electrons. The second-order valence-corrected chi connectivity index (χ2v) is 17.6. The van der Waals surface area contributed by atoms with Gasteiger partial charge in [0.1, 0.15) is 22.4 Å². The lowest BCUT2D eigenvalue weighted by Gasteiger charge is -2.27. The highest BCUT2D eigenvalue weighted by atomic mass is 32.1. The SMILES string of the molecule is CCCCN(CCCC)c1ccc(-c2ccc(-c3c4c(c(-c5ccc(-c6ccc(N(CCCC)CCCC)c7ccccc67)cc5)c5nsnc35)N=S=N4)cc2)c2ccccc12. The predicted octanol–water partition coefficient (Wildman–Crippen LogP) is 16.2. The quantitative estimate of drug-likeness (QED) is 0.0863. The molecule has 0 amide bonds. The van der Waals surface area contributed by atoms with E-state index in [1.165, 1.54) is 130 Å². The Kier molecular flexibility index (Phi) is 12.9. The Bertz CT molecular complexity index is 2700. The van der Waals surface area contributed by atoms with E-state index in [9.17, 15) is 0 Å². The van der Waals surface area contributed by atoms with E-state index >= 15 is 0 Å². The molecule has 62 heavy (non-hydrogen) atoms. The maximum atomic E-state index is 4.92. The smallest absolute Gasteiger partial charge is 0.115 e. The van der Waals surface area contributed by atoms with Crippen LogP contribution in [0.15, 0.2) is 130 Å². The van der Waals surface area contributed by atoms with Gasteiger partial charge in [-0.25, -0.2) is 0 Å². The van der Waals surface area contributed by atoms with E-state index in [4.69, 9.17) is 17.5 Å². The summed E-state index contributed by atoms with van der Waals surface area (Å²) in [7, 11) is 0. The number of anilines is 2. The molecule has 0 N–H and O–H groups in total. The molecule has 9 rings (SSSR count). The van der Waals surface area contributed by atoms with Gasteiger partial charge in [-0.05, 0) is 82.0 Å². The van der Waals surface area contributed by atoms with Crippen LogP contribution in [-0.4, -0.2) is 34.9 Å². The summed E-state index contributed by atoms with van der Waals surface area (Å²) in [5.41, 5.74) is 15.1. The fraction of sp³-hybridized carbons (Fsp3) is 0.296. The molecule has 6 nitrogen and oxygen atoms in total. The van der Waals surface area contributed by atoms with Crippen molar-refractivity contribution in [1.29, 1.82) is 0 Å². The minimum Gasteiger partial charge on any atom is -0.371 e. The van der Waals surface area contributed by atoms with Gasteiger partial charge in [-0.2, -0.15) is 17.5 Å². The lowest BCUT2D eigenvalue weighted by Crippen LogP contribution is -2.25. The third-order valence-corrected chi connectivity index (χ3v) is 13.6. The van der Waals surface area contributed by atoms with Crippen LogP contribution in [0.2, 0.25) is 0 Å². The molecule has 0 atom stereocenters. The molecular formula is C54H56N6S2. The summed E-state index contributed by atoms with van der Waals surface area (Å²) in [6, 6.07) is 45.0. The predicted molar refractivity (Wildman–Crippen MR) is 270 cm³/mol. The molecule has 0 bridgehead atoms. The molecule has 1 aliphatic rings. The number of hydrogen-bond donors (Lipinski definition) is 0. The van der Waals surface area contributed by atoms with Crippen molar-refractivity contribution in [3.8, 4) is 44.5 Å². The first-order valence-corrected chi connectivity index (χ1v) is 24.2. The van der Waals surface area contributed by atoms with Crippen molar-refractivity contribution >= 4 is 78.4 Å². The van der Waals surface area contributed by atoms with Gasteiger partial charge in [0, 0.05) is 59.5 Å². The third kappa shape index (κ3) is 8.07. The van der Waals surface area contributed by atoms with Crippen molar-refractivity contribution in [2.24, 2.45) is 8.73 Å². The third-order valence-electron chi connectivity index (χ3n) is 12.5. The Balaban J connectivity index is 1.05. The highest BCUT2D eigenvalue weighted by Crippen LogP contribution is 2.52. The first-order chi connectivity index (χ1) is 30.6. The molecule has 0 unspecified atom stereocenters. The van der Waals surface area contributed by atoms with Gasteiger partial charge >= 0.3 is 0 Å². The van der Waals surface area contributed by atoms with Crippen molar-refractivity contribution < 1.29 is 0 Å². The summed E-state index contributed by atoms with van der Waals surface area (Å²) in [5, 5.41) is 5.19. The van der Waals surface area contributed by atoms with Crippen LogP contribution in [0.5, 0.6) is 0 Å². The molecule has 0 radical (unpaired) electrons. The molecule has 8 heteroatoms. The van der Waals surface area contributed by atoms with Crippen molar-refractivity contribution in [2.75, 3.05) is 36.0 Å². The number of nitrogens with zero attached hydrogens (tertiary/aromatic N) is 6. The van der Waals surface area contributed by atoms with Crippen LogP contribution in [-0.2, 0) is 11.4 Å². The minimum atomic E-state index is 0.869. The Morgan fingerprint density at radius 1 is 0.403 bits per heavy atom. The summed E-state index contributed by atoms with van der Waals surface area (Å²) < 4.78 is 19.7. The first-order valence-electron chi connectivity index (χ1n) is 22.8. The van der Waals surface area contributed by atoms with E-state index in [0.29, 0.717) is 0 Å². The molecule has 1 aromatic heterocycles. The molecule has 1 aliphatic heterocycles. The van der Waals surface area contributed by atoms with E-state index in [1.54, 1.807) is 0 Å². The molecule has 0 saturated carbocycles. The van der Waals surface area contributed by atoms with Crippen molar-refractivity contribution in [1.82, 2.24) is 8.75 Å². The van der Waals surface area contributed by atoms with Crippen molar-refractivity contribution in [2.45, 2.75) is 79.1 Å². The van der Waals surface area contributed by atoms with Crippen molar-refractivity contribution in [3.05, 3.63) is 121 Å². The zero-order valence-electron chi connectivity index (χ0n) is 36.5. The monoisotopic (exact) mass is 852 g/mol. The van der Waals surface area contributed by atoms with Crippen LogP contribution >= 0.6 is 11.7 Å².